The Bertz CT molecular complexity index is 1530. The summed E-state index contributed by atoms with van der Waals surface area (Å²) in [6, 6.07) is 23.5. The summed E-state index contributed by atoms with van der Waals surface area (Å²) in [5, 5.41) is 0. The normalized spacial score (nSPS) is 11.2. The molecule has 9 heteroatoms. The minimum Gasteiger partial charge on any atom is -0.497 e. The van der Waals surface area contributed by atoms with Gasteiger partial charge in [-0.2, -0.15) is 0 Å². The molecule has 0 atom stereocenters. The molecule has 0 heterocycles. The highest BCUT2D eigenvalue weighted by molar-refractivity contribution is 7.92. The zero-order chi connectivity index (χ0) is 27.3. The zero-order valence-corrected chi connectivity index (χ0v) is 22.1. The van der Waals surface area contributed by atoms with Gasteiger partial charge in [-0.05, 0) is 60.5 Å². The van der Waals surface area contributed by atoms with Gasteiger partial charge in [0.05, 0.1) is 19.1 Å². The lowest BCUT2D eigenvalue weighted by Gasteiger charge is -2.28. The van der Waals surface area contributed by atoms with Crippen LogP contribution in [-0.2, 0) is 23.1 Å². The van der Waals surface area contributed by atoms with E-state index in [0.29, 0.717) is 46.3 Å². The second-order valence-electron chi connectivity index (χ2n) is 8.84. The zero-order valence-electron chi connectivity index (χ0n) is 21.2. The molecule has 6 nitrogen and oxygen atoms in total. The van der Waals surface area contributed by atoms with E-state index in [1.165, 1.54) is 12.1 Å². The van der Waals surface area contributed by atoms with Crippen molar-refractivity contribution in [1.82, 2.24) is 0 Å². The molecule has 0 spiro atoms. The van der Waals surface area contributed by atoms with Crippen LogP contribution in [0.3, 0.4) is 0 Å². The molecule has 0 bridgehead atoms. The lowest BCUT2D eigenvalue weighted by atomic mass is 10.1. The van der Waals surface area contributed by atoms with Crippen LogP contribution in [0, 0.1) is 18.6 Å². The van der Waals surface area contributed by atoms with Gasteiger partial charge in [0.1, 0.15) is 28.9 Å². The first-order chi connectivity index (χ1) is 18.1. The SMILES string of the molecule is COc1cccc(Oc2ccc(CN(Cc3ccc(F)cc3F)c3cccc(NS(C)(=O)=O)c3C)cc2)c1. The van der Waals surface area contributed by atoms with Crippen molar-refractivity contribution in [3.05, 3.63) is 113 Å². The fourth-order valence-electron chi connectivity index (χ4n) is 4.04. The van der Waals surface area contributed by atoms with Gasteiger partial charge in [-0.3, -0.25) is 4.72 Å². The Morgan fingerprint density at radius 1 is 0.842 bits per heavy atom. The molecule has 4 rings (SSSR count). The molecule has 0 amide bonds. The molecule has 0 aliphatic heterocycles. The van der Waals surface area contributed by atoms with Crippen LogP contribution in [0.15, 0.2) is 84.9 Å². The van der Waals surface area contributed by atoms with E-state index in [0.717, 1.165) is 17.9 Å². The van der Waals surface area contributed by atoms with Crippen LogP contribution >= 0.6 is 0 Å². The first-order valence-corrected chi connectivity index (χ1v) is 13.7. The maximum atomic E-state index is 14.6. The van der Waals surface area contributed by atoms with Crippen LogP contribution in [-0.4, -0.2) is 21.8 Å². The molecule has 0 unspecified atom stereocenters. The highest BCUT2D eigenvalue weighted by Gasteiger charge is 2.17. The molecular formula is C29H28F2N2O4S. The van der Waals surface area contributed by atoms with E-state index in [1.807, 2.05) is 53.4 Å². The van der Waals surface area contributed by atoms with Crippen molar-refractivity contribution in [3.63, 3.8) is 0 Å². The second-order valence-corrected chi connectivity index (χ2v) is 10.6. The van der Waals surface area contributed by atoms with Gasteiger partial charge in [0.25, 0.3) is 0 Å². The summed E-state index contributed by atoms with van der Waals surface area (Å²) in [6.07, 6.45) is 1.08. The number of benzene rings is 4. The highest BCUT2D eigenvalue weighted by atomic mass is 32.2. The van der Waals surface area contributed by atoms with Crippen molar-refractivity contribution in [2.75, 3.05) is 23.0 Å². The Morgan fingerprint density at radius 2 is 1.55 bits per heavy atom. The number of hydrogen-bond acceptors (Lipinski definition) is 5. The van der Waals surface area contributed by atoms with Gasteiger partial charge in [-0.15, -0.1) is 0 Å². The van der Waals surface area contributed by atoms with Crippen LogP contribution in [0.4, 0.5) is 20.2 Å². The fraction of sp³-hybridized carbons (Fsp3) is 0.172. The number of anilines is 2. The van der Waals surface area contributed by atoms with Crippen molar-refractivity contribution in [3.8, 4) is 17.2 Å². The molecule has 1 N–H and O–H groups in total. The molecule has 0 aliphatic carbocycles. The van der Waals surface area contributed by atoms with Crippen molar-refractivity contribution in [1.29, 1.82) is 0 Å². The van der Waals surface area contributed by atoms with Crippen LogP contribution in [0.2, 0.25) is 0 Å². The van der Waals surface area contributed by atoms with E-state index < -0.39 is 21.7 Å². The molecule has 4 aromatic carbocycles. The lowest BCUT2D eigenvalue weighted by Crippen LogP contribution is -2.24. The minimum atomic E-state index is -3.50. The molecule has 38 heavy (non-hydrogen) atoms. The summed E-state index contributed by atoms with van der Waals surface area (Å²) in [5.41, 5.74) is 3.03. The van der Waals surface area contributed by atoms with E-state index >= 15 is 0 Å². The number of nitrogens with one attached hydrogen (secondary N) is 1. The lowest BCUT2D eigenvalue weighted by molar-refractivity contribution is 0.409. The smallest absolute Gasteiger partial charge is 0.229 e. The minimum absolute atomic E-state index is 0.136. The molecule has 0 saturated carbocycles. The van der Waals surface area contributed by atoms with Crippen molar-refractivity contribution < 1.29 is 26.7 Å². The number of halogens is 2. The van der Waals surface area contributed by atoms with Crippen molar-refractivity contribution in [2.24, 2.45) is 0 Å². The fourth-order valence-corrected chi connectivity index (χ4v) is 4.66. The average Bonchev–Trinajstić information content (AvgIpc) is 2.87. The van der Waals surface area contributed by atoms with E-state index in [9.17, 15) is 17.2 Å². The molecule has 0 saturated heterocycles. The van der Waals surface area contributed by atoms with Gasteiger partial charge in [0.2, 0.25) is 10.0 Å². The predicted molar refractivity (Wildman–Crippen MR) is 145 cm³/mol. The third kappa shape index (κ3) is 7.01. The Kier molecular flexibility index (Phi) is 8.16. The van der Waals surface area contributed by atoms with Crippen LogP contribution in [0.1, 0.15) is 16.7 Å². The molecule has 0 aliphatic rings. The molecule has 0 fully saturated rings. The van der Waals surface area contributed by atoms with Gasteiger partial charge in [0, 0.05) is 36.5 Å². The average molecular weight is 539 g/mol. The first kappa shape index (κ1) is 26.9. The molecule has 0 aromatic heterocycles. The first-order valence-electron chi connectivity index (χ1n) is 11.8. The number of methoxy groups -OCH3 is 1. The van der Waals surface area contributed by atoms with Gasteiger partial charge in [0.15, 0.2) is 0 Å². The van der Waals surface area contributed by atoms with Crippen LogP contribution in [0.5, 0.6) is 17.2 Å². The summed E-state index contributed by atoms with van der Waals surface area (Å²) in [4.78, 5) is 1.91. The molecule has 0 radical (unpaired) electrons. The summed E-state index contributed by atoms with van der Waals surface area (Å²) in [6.45, 7) is 2.30. The predicted octanol–water partition coefficient (Wildman–Crippen LogP) is 6.65. The van der Waals surface area contributed by atoms with Gasteiger partial charge < -0.3 is 14.4 Å². The monoisotopic (exact) mass is 538 g/mol. The highest BCUT2D eigenvalue weighted by Crippen LogP contribution is 2.31. The van der Waals surface area contributed by atoms with Crippen LogP contribution in [0.25, 0.3) is 0 Å². The Balaban J connectivity index is 1.62. The van der Waals surface area contributed by atoms with Gasteiger partial charge in [-0.25, -0.2) is 17.2 Å². The van der Waals surface area contributed by atoms with Gasteiger partial charge >= 0.3 is 0 Å². The van der Waals surface area contributed by atoms with Gasteiger partial charge in [-0.1, -0.05) is 30.3 Å². The van der Waals surface area contributed by atoms with E-state index in [1.54, 1.807) is 32.2 Å². The third-order valence-electron chi connectivity index (χ3n) is 5.89. The molecular weight excluding hydrogens is 510 g/mol. The quantitative estimate of drug-likeness (QED) is 0.245. The largest absolute Gasteiger partial charge is 0.497 e. The Labute approximate surface area is 221 Å². The number of hydrogen-bond donors (Lipinski definition) is 1. The van der Waals surface area contributed by atoms with E-state index in [4.69, 9.17) is 9.47 Å². The third-order valence-corrected chi connectivity index (χ3v) is 6.48. The van der Waals surface area contributed by atoms with E-state index in [2.05, 4.69) is 4.72 Å². The Morgan fingerprint density at radius 3 is 2.24 bits per heavy atom. The summed E-state index contributed by atoms with van der Waals surface area (Å²) >= 11 is 0. The van der Waals surface area contributed by atoms with Crippen molar-refractivity contribution in [2.45, 2.75) is 20.0 Å². The van der Waals surface area contributed by atoms with E-state index in [-0.39, 0.29) is 6.54 Å². The summed E-state index contributed by atoms with van der Waals surface area (Å²) in [5.74, 6) is 0.649. The Hall–Kier alpha value is -4.11. The van der Waals surface area contributed by atoms with Crippen molar-refractivity contribution >= 4 is 21.4 Å². The van der Waals surface area contributed by atoms with Crippen LogP contribution < -0.4 is 19.1 Å². The summed E-state index contributed by atoms with van der Waals surface area (Å²) < 4.78 is 65.5. The topological polar surface area (TPSA) is 67.9 Å². The molecule has 198 valence electrons. The number of rotatable bonds is 10. The number of sulfonamides is 1. The second kappa shape index (κ2) is 11.5. The number of ether oxygens (including phenoxy) is 2. The standard InChI is InChI=1S/C29H28F2N2O4S/c1-20-28(32-38(3,34)35)8-5-9-29(20)33(19-22-12-13-23(30)16-27(22)31)18-21-10-14-24(15-11-21)37-26-7-4-6-25(17-26)36-2/h4-17,32H,18-19H2,1-3H3. The molecule has 4 aromatic rings. The summed E-state index contributed by atoms with van der Waals surface area (Å²) in [7, 11) is -1.91. The maximum Gasteiger partial charge on any atom is 0.229 e. The number of nitrogens with zero attached hydrogens (tertiary/aromatic N) is 1. The maximum absolute atomic E-state index is 14.6.